The molecule has 0 aliphatic heterocycles. The van der Waals surface area contributed by atoms with Crippen LogP contribution in [0.3, 0.4) is 0 Å². The molecule has 1 unspecified atom stereocenters. The highest BCUT2D eigenvalue weighted by Crippen LogP contribution is 2.60. The van der Waals surface area contributed by atoms with Crippen LogP contribution < -0.4 is 0 Å². The molecule has 5 atom stereocenters. The lowest BCUT2D eigenvalue weighted by Gasteiger charge is -2.44. The Morgan fingerprint density at radius 3 is 2.67 bits per heavy atom. The van der Waals surface area contributed by atoms with Crippen molar-refractivity contribution in [1.82, 2.24) is 4.90 Å². The maximum atomic E-state index is 12.5. The van der Waals surface area contributed by atoms with Crippen molar-refractivity contribution < 1.29 is 9.90 Å². The molecule has 0 saturated heterocycles. The van der Waals surface area contributed by atoms with Gasteiger partial charge in [-0.3, -0.25) is 4.79 Å². The molecule has 2 fully saturated rings. The van der Waals surface area contributed by atoms with E-state index in [9.17, 15) is 9.90 Å². The first-order valence-electron chi connectivity index (χ1n) is 11.0. The van der Waals surface area contributed by atoms with E-state index in [0.717, 1.165) is 24.7 Å². The van der Waals surface area contributed by atoms with Crippen LogP contribution in [0.4, 0.5) is 0 Å². The molecule has 0 aromatic carbocycles. The van der Waals surface area contributed by atoms with Crippen molar-refractivity contribution in [2.75, 3.05) is 13.1 Å². The van der Waals surface area contributed by atoms with Crippen molar-refractivity contribution in [1.29, 1.82) is 0 Å². The molecule has 1 amide bonds. The van der Waals surface area contributed by atoms with Gasteiger partial charge in [0.2, 0.25) is 0 Å². The minimum atomic E-state index is -1.23. The second-order valence-corrected chi connectivity index (χ2v) is 9.86. The van der Waals surface area contributed by atoms with Crippen molar-refractivity contribution in [3.05, 3.63) is 10.6 Å². The predicted molar refractivity (Wildman–Crippen MR) is 117 cm³/mol. The van der Waals surface area contributed by atoms with E-state index in [2.05, 4.69) is 34.8 Å². The fraction of sp³-hybridized carbons (Fsp3) is 0.870. The Labute approximate surface area is 175 Å². The van der Waals surface area contributed by atoms with E-state index >= 15 is 0 Å². The summed E-state index contributed by atoms with van der Waals surface area (Å²) in [5.41, 5.74) is 0.813. The highest BCUT2D eigenvalue weighted by molar-refractivity contribution is 9.11. The van der Waals surface area contributed by atoms with Crippen LogP contribution in [0.2, 0.25) is 0 Å². The van der Waals surface area contributed by atoms with Crippen LogP contribution in [-0.2, 0) is 4.79 Å². The fourth-order valence-corrected chi connectivity index (χ4v) is 6.62. The second-order valence-electron chi connectivity index (χ2n) is 9.40. The lowest BCUT2D eigenvalue weighted by atomic mass is 9.61. The number of fused-ring (bicyclic) bond motifs is 1. The van der Waals surface area contributed by atoms with Crippen molar-refractivity contribution in [2.24, 2.45) is 23.2 Å². The monoisotopic (exact) mass is 441 g/mol. The lowest BCUT2D eigenvalue weighted by Crippen LogP contribution is -2.47. The zero-order valence-corrected chi connectivity index (χ0v) is 19.6. The number of nitrogens with zero attached hydrogens (tertiary/aromatic N) is 1. The van der Waals surface area contributed by atoms with Crippen molar-refractivity contribution in [2.45, 2.75) is 91.6 Å². The molecule has 0 aromatic heterocycles. The SMILES string of the molecule is CCN(CC)C(=O)[C@](C)(O)CCC[C@@H](C)[C@H]1CCC2C(=CBr)CCC[C@@]21C. The van der Waals surface area contributed by atoms with E-state index in [0.29, 0.717) is 30.8 Å². The van der Waals surface area contributed by atoms with Gasteiger partial charge in [-0.2, -0.15) is 0 Å². The average molecular weight is 442 g/mol. The number of aliphatic hydroxyl groups is 1. The molecule has 2 aliphatic carbocycles. The smallest absolute Gasteiger partial charge is 0.254 e. The normalized spacial score (nSPS) is 32.8. The zero-order chi connectivity index (χ0) is 20.2. The molecule has 2 saturated carbocycles. The largest absolute Gasteiger partial charge is 0.380 e. The molecule has 0 aromatic rings. The number of allylic oxidation sites excluding steroid dienone is 1. The molecule has 2 rings (SSSR count). The molecule has 4 heteroatoms. The summed E-state index contributed by atoms with van der Waals surface area (Å²) in [6, 6.07) is 0. The van der Waals surface area contributed by atoms with Gasteiger partial charge in [0, 0.05) is 13.1 Å². The number of rotatable bonds is 8. The Bertz CT molecular complexity index is 540. The number of hydrogen-bond donors (Lipinski definition) is 1. The number of carbonyl (C=O) groups is 1. The molecule has 3 nitrogen and oxygen atoms in total. The number of halogens is 1. The minimum Gasteiger partial charge on any atom is -0.380 e. The van der Waals surface area contributed by atoms with Crippen LogP contribution >= 0.6 is 15.9 Å². The van der Waals surface area contributed by atoms with Gasteiger partial charge in [0.25, 0.3) is 5.91 Å². The fourth-order valence-electron chi connectivity index (χ4n) is 6.07. The zero-order valence-electron chi connectivity index (χ0n) is 18.1. The average Bonchev–Trinajstić information content (AvgIpc) is 2.99. The Morgan fingerprint density at radius 1 is 1.41 bits per heavy atom. The Kier molecular flexibility index (Phi) is 8.01. The van der Waals surface area contributed by atoms with E-state index in [-0.39, 0.29) is 5.91 Å². The maximum absolute atomic E-state index is 12.5. The molecule has 0 bridgehead atoms. The quantitative estimate of drug-likeness (QED) is 0.508. The van der Waals surface area contributed by atoms with Crippen LogP contribution in [0, 0.1) is 23.2 Å². The molecule has 27 heavy (non-hydrogen) atoms. The van der Waals surface area contributed by atoms with E-state index in [1.165, 1.54) is 32.1 Å². The first-order valence-corrected chi connectivity index (χ1v) is 11.9. The summed E-state index contributed by atoms with van der Waals surface area (Å²) in [6.07, 6.45) is 9.12. The summed E-state index contributed by atoms with van der Waals surface area (Å²) in [7, 11) is 0. The van der Waals surface area contributed by atoms with Crippen molar-refractivity contribution >= 4 is 21.8 Å². The van der Waals surface area contributed by atoms with Gasteiger partial charge in [-0.05, 0) is 93.9 Å². The van der Waals surface area contributed by atoms with Gasteiger partial charge < -0.3 is 10.0 Å². The van der Waals surface area contributed by atoms with Gasteiger partial charge in [0.05, 0.1) is 0 Å². The van der Waals surface area contributed by atoms with Crippen LogP contribution in [0.5, 0.6) is 0 Å². The summed E-state index contributed by atoms with van der Waals surface area (Å²) in [4.78, 5) is 16.5. The third-order valence-corrected chi connectivity index (χ3v) is 8.29. The maximum Gasteiger partial charge on any atom is 0.254 e. The lowest BCUT2D eigenvalue weighted by molar-refractivity contribution is -0.150. The van der Waals surface area contributed by atoms with Gasteiger partial charge >= 0.3 is 0 Å². The number of hydrogen-bond acceptors (Lipinski definition) is 2. The Balaban J connectivity index is 1.92. The first kappa shape index (κ1) is 22.9. The predicted octanol–water partition coefficient (Wildman–Crippen LogP) is 5.91. The van der Waals surface area contributed by atoms with Gasteiger partial charge in [-0.25, -0.2) is 0 Å². The topological polar surface area (TPSA) is 40.5 Å². The highest BCUT2D eigenvalue weighted by atomic mass is 79.9. The summed E-state index contributed by atoms with van der Waals surface area (Å²) < 4.78 is 0. The summed E-state index contributed by atoms with van der Waals surface area (Å²) in [6.45, 7) is 11.9. The molecule has 0 heterocycles. The Hall–Kier alpha value is -0.350. The summed E-state index contributed by atoms with van der Waals surface area (Å²) >= 11 is 3.60. The van der Waals surface area contributed by atoms with Crippen LogP contribution in [0.15, 0.2) is 10.6 Å². The highest BCUT2D eigenvalue weighted by Gasteiger charge is 2.50. The molecular weight excluding hydrogens is 402 g/mol. The van der Waals surface area contributed by atoms with E-state index < -0.39 is 5.60 Å². The van der Waals surface area contributed by atoms with Crippen LogP contribution in [0.1, 0.15) is 86.0 Å². The van der Waals surface area contributed by atoms with Crippen molar-refractivity contribution in [3.8, 4) is 0 Å². The van der Waals surface area contributed by atoms with Crippen molar-refractivity contribution in [3.63, 3.8) is 0 Å². The van der Waals surface area contributed by atoms with Crippen LogP contribution in [0.25, 0.3) is 0 Å². The first-order chi connectivity index (χ1) is 12.7. The molecule has 0 spiro atoms. The minimum absolute atomic E-state index is 0.118. The third kappa shape index (κ3) is 4.80. The molecular formula is C23H40BrNO2. The molecule has 0 radical (unpaired) electrons. The number of amides is 1. The molecule has 1 N–H and O–H groups in total. The standard InChI is InChI=1S/C23H40BrNO2/c1-6-25(7-2)21(26)23(5,27)15-8-10-17(3)19-12-13-20-18(16-24)11-9-14-22(19,20)4/h16-17,19-20,27H,6-15H2,1-5H3/t17-,19-,20?,22-,23-/m1/s1. The Morgan fingerprint density at radius 2 is 2.07 bits per heavy atom. The van der Waals surface area contributed by atoms with Gasteiger partial charge in [-0.15, -0.1) is 0 Å². The van der Waals surface area contributed by atoms with E-state index in [1.54, 1.807) is 17.4 Å². The van der Waals surface area contributed by atoms with E-state index in [1.807, 2.05) is 13.8 Å². The molecule has 156 valence electrons. The van der Waals surface area contributed by atoms with E-state index in [4.69, 9.17) is 0 Å². The number of carbonyl (C=O) groups excluding carboxylic acids is 1. The second kappa shape index (κ2) is 9.43. The van der Waals surface area contributed by atoms with Gasteiger partial charge in [0.15, 0.2) is 0 Å². The number of likely N-dealkylation sites (N-methyl/N-ethyl adjacent to an activating group) is 1. The summed E-state index contributed by atoms with van der Waals surface area (Å²) in [5.74, 6) is 2.03. The van der Waals surface area contributed by atoms with Gasteiger partial charge in [-0.1, -0.05) is 41.8 Å². The molecule has 2 aliphatic rings. The third-order valence-electron chi connectivity index (χ3n) is 7.70. The van der Waals surface area contributed by atoms with Crippen LogP contribution in [-0.4, -0.2) is 34.6 Å². The summed E-state index contributed by atoms with van der Waals surface area (Å²) in [5, 5.41) is 10.7. The van der Waals surface area contributed by atoms with Gasteiger partial charge in [0.1, 0.15) is 5.60 Å².